The Kier molecular flexibility index (Phi) is 33.0. The Morgan fingerprint density at radius 1 is 0.600 bits per heavy atom. The SMILES string of the molecule is CCCCC/C=C\C/C=C\CCCCCCCC(=O)O[C@H](COC(=O)CCCCCCC[C@@H](O)[C@H](O)C/C=C\CCCCC)COP(=O)(O)O. The van der Waals surface area contributed by atoms with Gasteiger partial charge < -0.3 is 29.5 Å². The van der Waals surface area contributed by atoms with E-state index in [4.69, 9.17) is 19.3 Å². The summed E-state index contributed by atoms with van der Waals surface area (Å²) in [5.74, 6) is -1.01. The van der Waals surface area contributed by atoms with Crippen molar-refractivity contribution < 1.29 is 48.2 Å². The molecule has 0 saturated heterocycles. The predicted octanol–water partition coefficient (Wildman–Crippen LogP) is 9.34. The maximum Gasteiger partial charge on any atom is 0.469 e. The van der Waals surface area contributed by atoms with Gasteiger partial charge in [-0.1, -0.05) is 121 Å². The molecule has 0 aliphatic carbocycles. The number of phosphoric ester groups is 1. The van der Waals surface area contributed by atoms with Gasteiger partial charge in [-0.2, -0.15) is 0 Å². The van der Waals surface area contributed by atoms with Crippen LogP contribution >= 0.6 is 7.82 Å². The van der Waals surface area contributed by atoms with Gasteiger partial charge in [-0.3, -0.25) is 14.1 Å². The highest BCUT2D eigenvalue weighted by atomic mass is 31.2. The molecule has 10 nitrogen and oxygen atoms in total. The van der Waals surface area contributed by atoms with Gasteiger partial charge in [0.05, 0.1) is 18.8 Å². The van der Waals surface area contributed by atoms with Gasteiger partial charge in [-0.15, -0.1) is 0 Å². The minimum absolute atomic E-state index is 0.164. The van der Waals surface area contributed by atoms with E-state index < -0.39 is 44.7 Å². The molecule has 0 saturated carbocycles. The Hall–Kier alpha value is -1.81. The fraction of sp³-hybridized carbons (Fsp3) is 0.795. The van der Waals surface area contributed by atoms with Crippen molar-refractivity contribution in [3.05, 3.63) is 36.5 Å². The topological polar surface area (TPSA) is 160 Å². The van der Waals surface area contributed by atoms with Gasteiger partial charge >= 0.3 is 19.8 Å². The summed E-state index contributed by atoms with van der Waals surface area (Å²) in [6, 6.07) is 0. The molecule has 0 unspecified atom stereocenters. The minimum atomic E-state index is -4.79. The first-order valence-electron chi connectivity index (χ1n) is 19.4. The first-order chi connectivity index (χ1) is 24.1. The Morgan fingerprint density at radius 3 is 1.68 bits per heavy atom. The van der Waals surface area contributed by atoms with E-state index in [1.807, 2.05) is 6.08 Å². The number of aliphatic hydroxyl groups is 2. The van der Waals surface area contributed by atoms with Crippen LogP contribution in [-0.4, -0.2) is 63.5 Å². The van der Waals surface area contributed by atoms with Crippen molar-refractivity contribution in [2.24, 2.45) is 0 Å². The summed E-state index contributed by atoms with van der Waals surface area (Å²) in [7, 11) is -4.79. The van der Waals surface area contributed by atoms with E-state index >= 15 is 0 Å². The quantitative estimate of drug-likeness (QED) is 0.0214. The number of esters is 2. The van der Waals surface area contributed by atoms with E-state index in [1.54, 1.807) is 0 Å². The van der Waals surface area contributed by atoms with E-state index in [-0.39, 0.29) is 19.4 Å². The van der Waals surface area contributed by atoms with Crippen LogP contribution in [0, 0.1) is 0 Å². The molecule has 4 N–H and O–H groups in total. The fourth-order valence-corrected chi connectivity index (χ4v) is 5.61. The molecule has 0 spiro atoms. The van der Waals surface area contributed by atoms with Crippen molar-refractivity contribution in [2.45, 2.75) is 186 Å². The highest BCUT2D eigenvalue weighted by Gasteiger charge is 2.23. The number of rotatable bonds is 35. The molecule has 0 heterocycles. The summed E-state index contributed by atoms with van der Waals surface area (Å²) < 4.78 is 26.2. The van der Waals surface area contributed by atoms with Gasteiger partial charge in [-0.25, -0.2) is 4.57 Å². The van der Waals surface area contributed by atoms with Gasteiger partial charge in [0.1, 0.15) is 6.61 Å². The lowest BCUT2D eigenvalue weighted by molar-refractivity contribution is -0.161. The monoisotopic (exact) mass is 730 g/mol. The summed E-state index contributed by atoms with van der Waals surface area (Å²) in [6.45, 7) is 3.44. The van der Waals surface area contributed by atoms with E-state index in [1.165, 1.54) is 32.1 Å². The van der Waals surface area contributed by atoms with Gasteiger partial charge in [0, 0.05) is 12.8 Å². The van der Waals surface area contributed by atoms with Crippen molar-refractivity contribution in [3.8, 4) is 0 Å². The highest BCUT2D eigenvalue weighted by Crippen LogP contribution is 2.36. The molecule has 3 atom stereocenters. The third-order valence-corrected chi connectivity index (χ3v) is 8.82. The zero-order valence-electron chi connectivity index (χ0n) is 31.3. The Balaban J connectivity index is 4.11. The number of ether oxygens (including phenoxy) is 2. The average Bonchev–Trinajstić information content (AvgIpc) is 3.08. The minimum Gasteiger partial charge on any atom is -0.462 e. The van der Waals surface area contributed by atoms with E-state index in [9.17, 15) is 24.4 Å². The maximum absolute atomic E-state index is 12.4. The standard InChI is InChI=1S/C39H71O10P/c1-3-5-7-9-11-12-13-14-15-16-17-18-19-23-28-32-39(43)49-35(34-48-50(44,45)46)33-47-38(42)31-27-24-20-22-26-30-37(41)36(40)29-25-21-10-8-6-4-2/h11-12,14-15,21,25,35-37,40-41H,3-10,13,16-20,22-24,26-34H2,1-2H3,(H2,44,45,46)/b12-11-,15-14-,25-21-/t35-,36-,37-/m1/s1. The van der Waals surface area contributed by atoms with Crippen molar-refractivity contribution in [2.75, 3.05) is 13.2 Å². The number of hydrogen-bond acceptors (Lipinski definition) is 8. The van der Waals surface area contributed by atoms with Crippen LogP contribution < -0.4 is 0 Å². The molecular formula is C39H71O10P. The lowest BCUT2D eigenvalue weighted by Gasteiger charge is -2.18. The van der Waals surface area contributed by atoms with Gasteiger partial charge in [0.15, 0.2) is 6.10 Å². The molecule has 0 fully saturated rings. The highest BCUT2D eigenvalue weighted by molar-refractivity contribution is 7.46. The molecule has 11 heteroatoms. The Labute approximate surface area is 303 Å². The van der Waals surface area contributed by atoms with Crippen LogP contribution in [0.4, 0.5) is 0 Å². The number of unbranched alkanes of at least 4 members (excludes halogenated alkanes) is 15. The van der Waals surface area contributed by atoms with Crippen molar-refractivity contribution in [1.82, 2.24) is 0 Å². The average molecular weight is 731 g/mol. The van der Waals surface area contributed by atoms with Gasteiger partial charge in [-0.05, 0) is 70.6 Å². The normalized spacial score (nSPS) is 14.1. The molecule has 0 bridgehead atoms. The second-order valence-electron chi connectivity index (χ2n) is 13.2. The largest absolute Gasteiger partial charge is 0.469 e. The van der Waals surface area contributed by atoms with Crippen LogP contribution in [-0.2, 0) is 28.2 Å². The number of aliphatic hydroxyl groups excluding tert-OH is 2. The molecule has 292 valence electrons. The smallest absolute Gasteiger partial charge is 0.462 e. The third kappa shape index (κ3) is 34.6. The van der Waals surface area contributed by atoms with Crippen molar-refractivity contribution in [3.63, 3.8) is 0 Å². The number of hydrogen-bond donors (Lipinski definition) is 4. The molecule has 0 aromatic heterocycles. The molecule has 0 aliphatic rings. The number of carbonyl (C=O) groups is 2. The molecule has 0 aromatic carbocycles. The molecule has 0 radical (unpaired) electrons. The van der Waals surface area contributed by atoms with E-state index in [0.29, 0.717) is 25.7 Å². The lowest BCUT2D eigenvalue weighted by Crippen LogP contribution is -2.29. The van der Waals surface area contributed by atoms with Crippen LogP contribution in [0.3, 0.4) is 0 Å². The molecule has 50 heavy (non-hydrogen) atoms. The Morgan fingerprint density at radius 2 is 1.10 bits per heavy atom. The summed E-state index contributed by atoms with van der Waals surface area (Å²) in [4.78, 5) is 42.7. The molecular weight excluding hydrogens is 659 g/mol. The van der Waals surface area contributed by atoms with Crippen LogP contribution in [0.5, 0.6) is 0 Å². The number of allylic oxidation sites excluding steroid dienone is 5. The Bertz CT molecular complexity index is 945. The van der Waals surface area contributed by atoms with E-state index in [0.717, 1.165) is 83.5 Å². The summed E-state index contributed by atoms with van der Waals surface area (Å²) in [5, 5.41) is 20.3. The number of carbonyl (C=O) groups excluding carboxylic acids is 2. The van der Waals surface area contributed by atoms with Crippen LogP contribution in [0.25, 0.3) is 0 Å². The summed E-state index contributed by atoms with van der Waals surface area (Å²) >= 11 is 0. The summed E-state index contributed by atoms with van der Waals surface area (Å²) in [5.41, 5.74) is 0. The molecule has 0 rings (SSSR count). The van der Waals surface area contributed by atoms with E-state index in [2.05, 4.69) is 48.8 Å². The zero-order valence-corrected chi connectivity index (χ0v) is 32.2. The van der Waals surface area contributed by atoms with Crippen LogP contribution in [0.1, 0.15) is 168 Å². The second kappa shape index (κ2) is 34.3. The van der Waals surface area contributed by atoms with Crippen LogP contribution in [0.2, 0.25) is 0 Å². The zero-order chi connectivity index (χ0) is 37.1. The predicted molar refractivity (Wildman–Crippen MR) is 200 cm³/mol. The van der Waals surface area contributed by atoms with Gasteiger partial charge in [0.2, 0.25) is 0 Å². The molecule has 0 aliphatic heterocycles. The second-order valence-corrected chi connectivity index (χ2v) is 14.4. The van der Waals surface area contributed by atoms with Crippen molar-refractivity contribution in [1.29, 1.82) is 0 Å². The fourth-order valence-electron chi connectivity index (χ4n) is 5.25. The molecule has 0 aromatic rings. The first-order valence-corrected chi connectivity index (χ1v) is 21.0. The number of phosphoric acid groups is 1. The first kappa shape index (κ1) is 48.2. The maximum atomic E-state index is 12.4. The van der Waals surface area contributed by atoms with Crippen LogP contribution in [0.15, 0.2) is 36.5 Å². The third-order valence-electron chi connectivity index (χ3n) is 8.33. The van der Waals surface area contributed by atoms with Crippen molar-refractivity contribution >= 4 is 19.8 Å². The molecule has 0 amide bonds. The summed E-state index contributed by atoms with van der Waals surface area (Å²) in [6.07, 6.45) is 31.7. The lowest BCUT2D eigenvalue weighted by atomic mass is 10.0. The van der Waals surface area contributed by atoms with Gasteiger partial charge in [0.25, 0.3) is 0 Å².